The summed E-state index contributed by atoms with van der Waals surface area (Å²) in [6, 6.07) is 4.49. The van der Waals surface area contributed by atoms with Crippen LogP contribution in [0.15, 0.2) is 33.9 Å². The average Bonchev–Trinajstić information content (AvgIpc) is 3.44. The van der Waals surface area contributed by atoms with Gasteiger partial charge in [0.2, 0.25) is 0 Å². The SMILES string of the molecule is CC(=O)OCC1=C2CC(C#N)(C#N)C3=CC4C[C@@H](C5OC45)[C@@H]3C(COC(C)=O)=C2CC1=O. The van der Waals surface area contributed by atoms with Crippen molar-refractivity contribution in [1.29, 1.82) is 10.5 Å². The average molecular weight is 434 g/mol. The van der Waals surface area contributed by atoms with Gasteiger partial charge in [0.15, 0.2) is 11.2 Å². The van der Waals surface area contributed by atoms with E-state index in [0.717, 1.165) is 17.6 Å². The van der Waals surface area contributed by atoms with Gasteiger partial charge in [-0.1, -0.05) is 6.08 Å². The number of esters is 2. The van der Waals surface area contributed by atoms with Gasteiger partial charge in [0.25, 0.3) is 0 Å². The van der Waals surface area contributed by atoms with Crippen molar-refractivity contribution in [3.63, 3.8) is 0 Å². The molecule has 4 aliphatic carbocycles. The molecule has 8 nitrogen and oxygen atoms in total. The predicted molar refractivity (Wildman–Crippen MR) is 107 cm³/mol. The van der Waals surface area contributed by atoms with E-state index in [1.165, 1.54) is 13.8 Å². The molecule has 0 N–H and O–H groups in total. The van der Waals surface area contributed by atoms with Crippen LogP contribution < -0.4 is 0 Å². The first-order chi connectivity index (χ1) is 15.3. The van der Waals surface area contributed by atoms with Crippen molar-refractivity contribution in [2.75, 3.05) is 13.2 Å². The second kappa shape index (κ2) is 7.15. The second-order valence-corrected chi connectivity index (χ2v) is 9.16. The van der Waals surface area contributed by atoms with Crippen LogP contribution in [0.2, 0.25) is 0 Å². The molecule has 1 heterocycles. The molecule has 3 unspecified atom stereocenters. The molecule has 1 saturated heterocycles. The Kier molecular flexibility index (Phi) is 4.61. The summed E-state index contributed by atoms with van der Waals surface area (Å²) in [5.74, 6) is -1.25. The Morgan fingerprint density at radius 2 is 1.81 bits per heavy atom. The standard InChI is InChI=1S/C24H22N2O6/c1-11(27)30-7-17-16-6-24(9-25,10-26)19-4-13-3-15(23-22(13)32-23)21(19)18(8-31-12(2)28)14(16)5-20(17)29/h4,13,15,21-23H,3,5-8H2,1-2H3/t13?,15-,21-,22?,23?/m1/s1. The van der Waals surface area contributed by atoms with Gasteiger partial charge in [0.05, 0.1) is 24.3 Å². The topological polar surface area (TPSA) is 130 Å². The molecule has 0 aromatic carbocycles. The molecule has 5 rings (SSSR count). The summed E-state index contributed by atoms with van der Waals surface area (Å²) >= 11 is 0. The van der Waals surface area contributed by atoms with Gasteiger partial charge in [-0.2, -0.15) is 10.5 Å². The third kappa shape index (κ3) is 2.94. The maximum atomic E-state index is 12.9. The van der Waals surface area contributed by atoms with Crippen molar-refractivity contribution in [1.82, 2.24) is 0 Å². The Morgan fingerprint density at radius 3 is 2.47 bits per heavy atom. The summed E-state index contributed by atoms with van der Waals surface area (Å²) < 4.78 is 16.4. The van der Waals surface area contributed by atoms with E-state index >= 15 is 0 Å². The number of allylic oxidation sites excluding steroid dienone is 3. The molecule has 0 aromatic heterocycles. The Hall–Kier alpha value is -3.23. The van der Waals surface area contributed by atoms with Gasteiger partial charge in [-0.25, -0.2) is 0 Å². The maximum Gasteiger partial charge on any atom is 0.302 e. The van der Waals surface area contributed by atoms with E-state index in [0.29, 0.717) is 16.7 Å². The number of fused-ring (bicyclic) bond motifs is 8. The number of carbonyl (C=O) groups excluding carboxylic acids is 3. The first-order valence-corrected chi connectivity index (χ1v) is 10.7. The molecule has 2 fully saturated rings. The van der Waals surface area contributed by atoms with Gasteiger partial charge in [-0.05, 0) is 34.6 Å². The maximum absolute atomic E-state index is 12.9. The highest BCUT2D eigenvalue weighted by atomic mass is 16.6. The smallest absolute Gasteiger partial charge is 0.302 e. The van der Waals surface area contributed by atoms with Crippen molar-refractivity contribution in [3.8, 4) is 12.1 Å². The minimum Gasteiger partial charge on any atom is -0.461 e. The third-order valence-electron chi connectivity index (χ3n) is 7.44. The first kappa shape index (κ1) is 20.7. The van der Waals surface area contributed by atoms with Crippen LogP contribution in [0.25, 0.3) is 0 Å². The Bertz CT molecular complexity index is 1120. The Morgan fingerprint density at radius 1 is 1.12 bits per heavy atom. The number of hydrogen-bond acceptors (Lipinski definition) is 8. The van der Waals surface area contributed by atoms with Gasteiger partial charge < -0.3 is 14.2 Å². The zero-order valence-corrected chi connectivity index (χ0v) is 17.8. The number of rotatable bonds is 4. The van der Waals surface area contributed by atoms with Crippen LogP contribution in [0.4, 0.5) is 0 Å². The van der Waals surface area contributed by atoms with Gasteiger partial charge in [0.1, 0.15) is 13.2 Å². The lowest BCUT2D eigenvalue weighted by molar-refractivity contribution is -0.141. The third-order valence-corrected chi connectivity index (χ3v) is 7.44. The predicted octanol–water partition coefficient (Wildman–Crippen LogP) is 2.08. The summed E-state index contributed by atoms with van der Waals surface area (Å²) in [5, 5.41) is 20.5. The van der Waals surface area contributed by atoms with Crippen LogP contribution in [0.3, 0.4) is 0 Å². The first-order valence-electron chi connectivity index (χ1n) is 10.7. The van der Waals surface area contributed by atoms with Crippen molar-refractivity contribution >= 4 is 17.7 Å². The Balaban J connectivity index is 1.71. The van der Waals surface area contributed by atoms with Crippen molar-refractivity contribution in [2.45, 2.75) is 45.3 Å². The summed E-state index contributed by atoms with van der Waals surface area (Å²) in [6.07, 6.45) is 3.16. The largest absolute Gasteiger partial charge is 0.461 e. The number of carbonyl (C=O) groups is 3. The highest BCUT2D eigenvalue weighted by Crippen LogP contribution is 2.62. The van der Waals surface area contributed by atoms with Gasteiger partial charge >= 0.3 is 11.9 Å². The second-order valence-electron chi connectivity index (χ2n) is 9.16. The van der Waals surface area contributed by atoms with Crippen LogP contribution in [0.1, 0.15) is 33.1 Å². The fourth-order valence-electron chi connectivity index (χ4n) is 6.05. The zero-order valence-electron chi connectivity index (χ0n) is 17.8. The molecule has 0 amide bonds. The summed E-state index contributed by atoms with van der Waals surface area (Å²) in [5.41, 5.74) is 1.64. The van der Waals surface area contributed by atoms with Gasteiger partial charge in [-0.3, -0.25) is 14.4 Å². The fourth-order valence-corrected chi connectivity index (χ4v) is 6.05. The van der Waals surface area contributed by atoms with Crippen LogP contribution in [0, 0.1) is 45.8 Å². The highest BCUT2D eigenvalue weighted by molar-refractivity contribution is 6.03. The zero-order chi connectivity index (χ0) is 22.8. The molecule has 2 bridgehead atoms. The van der Waals surface area contributed by atoms with E-state index in [-0.39, 0.29) is 61.8 Å². The molecular formula is C24H22N2O6. The molecule has 0 radical (unpaired) electrons. The quantitative estimate of drug-likeness (QED) is 0.373. The normalized spacial score (nSPS) is 33.2. The summed E-state index contributed by atoms with van der Waals surface area (Å²) in [7, 11) is 0. The number of Topliss-reactive ketones (excluding diaryl/α,β-unsaturated/α-hetero) is 1. The molecule has 5 atom stereocenters. The Labute approximate surface area is 185 Å². The van der Waals surface area contributed by atoms with E-state index in [9.17, 15) is 24.9 Å². The lowest BCUT2D eigenvalue weighted by Gasteiger charge is -2.37. The lowest BCUT2D eigenvalue weighted by Crippen LogP contribution is -2.34. The number of nitrogens with zero attached hydrogens (tertiary/aromatic N) is 2. The highest BCUT2D eigenvalue weighted by Gasteiger charge is 2.64. The summed E-state index contributed by atoms with van der Waals surface area (Å²) in [4.78, 5) is 36.0. The van der Waals surface area contributed by atoms with E-state index < -0.39 is 17.4 Å². The van der Waals surface area contributed by atoms with Crippen LogP contribution in [-0.4, -0.2) is 43.1 Å². The molecule has 1 aliphatic heterocycles. The molecule has 164 valence electrons. The summed E-state index contributed by atoms with van der Waals surface area (Å²) in [6.45, 7) is 2.36. The minimum absolute atomic E-state index is 0.0181. The van der Waals surface area contributed by atoms with Crippen molar-refractivity contribution < 1.29 is 28.6 Å². The fraction of sp³-hybridized carbons (Fsp3) is 0.542. The molecule has 5 aliphatic rings. The van der Waals surface area contributed by atoms with E-state index in [1.807, 2.05) is 6.08 Å². The number of nitriles is 2. The molecule has 8 heteroatoms. The van der Waals surface area contributed by atoms with E-state index in [1.54, 1.807) is 0 Å². The van der Waals surface area contributed by atoms with Crippen LogP contribution >= 0.6 is 0 Å². The van der Waals surface area contributed by atoms with Crippen molar-refractivity contribution in [3.05, 3.63) is 33.9 Å². The van der Waals surface area contributed by atoms with Gasteiger partial charge in [-0.15, -0.1) is 0 Å². The van der Waals surface area contributed by atoms with E-state index in [2.05, 4.69) is 12.1 Å². The molecule has 32 heavy (non-hydrogen) atoms. The molecule has 0 spiro atoms. The van der Waals surface area contributed by atoms with Crippen molar-refractivity contribution in [2.24, 2.45) is 23.2 Å². The number of epoxide rings is 1. The van der Waals surface area contributed by atoms with Gasteiger partial charge in [0, 0.05) is 44.1 Å². The minimum atomic E-state index is -1.46. The van der Waals surface area contributed by atoms with Crippen LogP contribution in [-0.2, 0) is 28.6 Å². The number of hydrogen-bond donors (Lipinski definition) is 0. The lowest BCUT2D eigenvalue weighted by atomic mass is 9.65. The number of ketones is 1. The number of ether oxygens (including phenoxy) is 3. The van der Waals surface area contributed by atoms with E-state index in [4.69, 9.17) is 14.2 Å². The monoisotopic (exact) mass is 434 g/mol. The molecule has 1 saturated carbocycles. The molecule has 0 aromatic rings. The molecular weight excluding hydrogens is 412 g/mol. The van der Waals surface area contributed by atoms with Crippen LogP contribution in [0.5, 0.6) is 0 Å².